The van der Waals surface area contributed by atoms with E-state index in [0.717, 1.165) is 17.9 Å². The van der Waals surface area contributed by atoms with Gasteiger partial charge in [-0.1, -0.05) is 6.07 Å². The molecule has 2 amide bonds. The van der Waals surface area contributed by atoms with Gasteiger partial charge in [-0.3, -0.25) is 14.4 Å². The highest BCUT2D eigenvalue weighted by molar-refractivity contribution is 6.03. The molecule has 1 fully saturated rings. The first-order valence-corrected chi connectivity index (χ1v) is 6.35. The summed E-state index contributed by atoms with van der Waals surface area (Å²) in [6, 6.07) is 4.93. The van der Waals surface area contributed by atoms with Crippen LogP contribution in [0, 0.1) is 0 Å². The lowest BCUT2D eigenvalue weighted by Gasteiger charge is -2.36. The van der Waals surface area contributed by atoms with E-state index >= 15 is 0 Å². The van der Waals surface area contributed by atoms with Gasteiger partial charge in [0.15, 0.2) is 5.82 Å². The van der Waals surface area contributed by atoms with Gasteiger partial charge in [0.05, 0.1) is 0 Å². The molecular formula is C13H15N3O4. The number of aliphatic carboxylic acids is 1. The predicted molar refractivity (Wildman–Crippen MR) is 69.5 cm³/mol. The van der Waals surface area contributed by atoms with Gasteiger partial charge >= 0.3 is 5.97 Å². The molecular weight excluding hydrogens is 262 g/mol. The quantitative estimate of drug-likeness (QED) is 0.823. The van der Waals surface area contributed by atoms with Crippen LogP contribution in [-0.4, -0.2) is 39.4 Å². The minimum atomic E-state index is -1.24. The van der Waals surface area contributed by atoms with E-state index in [-0.39, 0.29) is 11.7 Å². The van der Waals surface area contributed by atoms with E-state index in [2.05, 4.69) is 4.98 Å². The summed E-state index contributed by atoms with van der Waals surface area (Å²) >= 11 is 0. The Hall–Kier alpha value is -2.44. The number of hydrazine groups is 1. The first-order valence-electron chi connectivity index (χ1n) is 6.35. The molecule has 0 aromatic carbocycles. The minimum absolute atomic E-state index is 0.194. The molecule has 106 valence electrons. The minimum Gasteiger partial charge on any atom is -0.481 e. The van der Waals surface area contributed by atoms with Crippen LogP contribution >= 0.6 is 0 Å². The van der Waals surface area contributed by atoms with Crippen LogP contribution in [0.25, 0.3) is 0 Å². The number of rotatable bonds is 4. The zero-order chi connectivity index (χ0) is 14.5. The van der Waals surface area contributed by atoms with Crippen LogP contribution in [0.4, 0.5) is 5.82 Å². The Balaban J connectivity index is 2.30. The molecule has 2 rings (SSSR count). The number of carbonyl (C=O) groups excluding carboxylic acids is 2. The third-order valence-electron chi connectivity index (χ3n) is 2.94. The fourth-order valence-electron chi connectivity index (χ4n) is 2.07. The number of amides is 2. The zero-order valence-electron chi connectivity index (χ0n) is 10.9. The van der Waals surface area contributed by atoms with E-state index in [0.29, 0.717) is 13.0 Å². The maximum absolute atomic E-state index is 12.1. The molecule has 0 spiro atoms. The number of hydrogen-bond donors (Lipinski definition) is 1. The molecule has 0 unspecified atom stereocenters. The first kappa shape index (κ1) is 14.0. The van der Waals surface area contributed by atoms with Gasteiger partial charge in [0, 0.05) is 19.2 Å². The Morgan fingerprint density at radius 1 is 1.35 bits per heavy atom. The van der Waals surface area contributed by atoms with Crippen molar-refractivity contribution in [1.82, 2.24) is 9.99 Å². The van der Waals surface area contributed by atoms with Crippen molar-refractivity contribution >= 4 is 23.6 Å². The third kappa shape index (κ3) is 3.11. The molecule has 2 heterocycles. The average Bonchev–Trinajstić information content (AvgIpc) is 2.42. The summed E-state index contributed by atoms with van der Waals surface area (Å²) in [5, 5.41) is 11.1. The smallest absolute Gasteiger partial charge is 0.312 e. The van der Waals surface area contributed by atoms with Gasteiger partial charge in [0.1, 0.15) is 6.42 Å². The maximum Gasteiger partial charge on any atom is 0.312 e. The Morgan fingerprint density at radius 2 is 2.15 bits per heavy atom. The van der Waals surface area contributed by atoms with E-state index in [9.17, 15) is 14.4 Å². The largest absolute Gasteiger partial charge is 0.481 e. The number of nitrogens with zero attached hydrogens (tertiary/aromatic N) is 3. The highest BCUT2D eigenvalue weighted by Gasteiger charge is 2.31. The van der Waals surface area contributed by atoms with Gasteiger partial charge in [0.2, 0.25) is 5.91 Å². The predicted octanol–water partition coefficient (Wildman–Crippen LogP) is 0.817. The molecule has 1 N–H and O–H groups in total. The van der Waals surface area contributed by atoms with Crippen molar-refractivity contribution in [2.45, 2.75) is 25.7 Å². The van der Waals surface area contributed by atoms with Crippen molar-refractivity contribution in [3.8, 4) is 0 Å². The number of piperidine rings is 1. The van der Waals surface area contributed by atoms with Gasteiger partial charge in [0.25, 0.3) is 5.91 Å². The molecule has 1 aromatic rings. The maximum atomic E-state index is 12.1. The molecule has 0 radical (unpaired) electrons. The summed E-state index contributed by atoms with van der Waals surface area (Å²) in [5.41, 5.74) is 0. The Labute approximate surface area is 115 Å². The van der Waals surface area contributed by atoms with Crippen molar-refractivity contribution in [2.75, 3.05) is 11.6 Å². The van der Waals surface area contributed by atoms with Crippen molar-refractivity contribution in [3.63, 3.8) is 0 Å². The van der Waals surface area contributed by atoms with E-state index in [1.807, 2.05) is 0 Å². The summed E-state index contributed by atoms with van der Waals surface area (Å²) in [6.07, 6.45) is 2.71. The van der Waals surface area contributed by atoms with Crippen molar-refractivity contribution < 1.29 is 19.5 Å². The van der Waals surface area contributed by atoms with Crippen LogP contribution in [0.15, 0.2) is 24.4 Å². The lowest BCUT2D eigenvalue weighted by atomic mass is 10.1. The van der Waals surface area contributed by atoms with E-state index in [1.165, 1.54) is 11.2 Å². The number of carbonyl (C=O) groups is 3. The van der Waals surface area contributed by atoms with E-state index in [1.54, 1.807) is 18.2 Å². The molecule has 0 atom stereocenters. The van der Waals surface area contributed by atoms with Crippen LogP contribution in [-0.2, 0) is 14.4 Å². The fourth-order valence-corrected chi connectivity index (χ4v) is 2.07. The molecule has 0 bridgehead atoms. The number of carboxylic acids is 1. The average molecular weight is 277 g/mol. The summed E-state index contributed by atoms with van der Waals surface area (Å²) in [7, 11) is 0. The number of carboxylic acid groups (broad SMARTS) is 1. The van der Waals surface area contributed by atoms with Crippen LogP contribution < -0.4 is 5.01 Å². The Bertz CT molecular complexity index is 518. The summed E-state index contributed by atoms with van der Waals surface area (Å²) in [6.45, 7) is 0.390. The standard InChI is InChI=1S/C13H15N3O4/c17-11-6-2-4-8-15(11)16(12(18)9-13(19)20)10-5-1-3-7-14-10/h1,3,5,7H,2,4,6,8-9H2,(H,19,20). The number of aromatic nitrogens is 1. The lowest BCUT2D eigenvalue weighted by molar-refractivity contribution is -0.144. The molecule has 0 aliphatic carbocycles. The Kier molecular flexibility index (Phi) is 4.29. The fraction of sp³-hybridized carbons (Fsp3) is 0.385. The van der Waals surface area contributed by atoms with Crippen molar-refractivity contribution in [3.05, 3.63) is 24.4 Å². The molecule has 1 aliphatic heterocycles. The van der Waals surface area contributed by atoms with Crippen LogP contribution in [0.1, 0.15) is 25.7 Å². The van der Waals surface area contributed by atoms with Crippen LogP contribution in [0.3, 0.4) is 0 Å². The molecule has 1 saturated heterocycles. The number of hydrogen-bond acceptors (Lipinski definition) is 4. The zero-order valence-corrected chi connectivity index (χ0v) is 10.9. The highest BCUT2D eigenvalue weighted by Crippen LogP contribution is 2.20. The van der Waals surface area contributed by atoms with Gasteiger partial charge < -0.3 is 5.11 Å². The van der Waals surface area contributed by atoms with Gasteiger partial charge in [-0.15, -0.1) is 0 Å². The summed E-state index contributed by atoms with van der Waals surface area (Å²) < 4.78 is 0. The van der Waals surface area contributed by atoms with Crippen molar-refractivity contribution in [1.29, 1.82) is 0 Å². The number of anilines is 1. The molecule has 1 aromatic heterocycles. The second-order valence-corrected chi connectivity index (χ2v) is 4.44. The summed E-state index contributed by atoms with van der Waals surface area (Å²) in [5.74, 6) is -1.85. The van der Waals surface area contributed by atoms with Crippen molar-refractivity contribution in [2.24, 2.45) is 0 Å². The lowest BCUT2D eigenvalue weighted by Crippen LogP contribution is -2.52. The molecule has 1 aliphatic rings. The first-order chi connectivity index (χ1) is 9.59. The van der Waals surface area contributed by atoms with Gasteiger partial charge in [-0.2, -0.15) is 5.01 Å². The van der Waals surface area contributed by atoms with E-state index in [4.69, 9.17) is 5.11 Å². The monoisotopic (exact) mass is 277 g/mol. The third-order valence-corrected chi connectivity index (χ3v) is 2.94. The van der Waals surface area contributed by atoms with Gasteiger partial charge in [-0.05, 0) is 25.0 Å². The molecule has 20 heavy (non-hydrogen) atoms. The van der Waals surface area contributed by atoms with Gasteiger partial charge in [-0.25, -0.2) is 9.99 Å². The SMILES string of the molecule is O=C(O)CC(=O)N(c1ccccn1)N1CCCCC1=O. The molecule has 7 nitrogen and oxygen atoms in total. The van der Waals surface area contributed by atoms with E-state index < -0.39 is 18.3 Å². The number of pyridine rings is 1. The van der Waals surface area contributed by atoms with Crippen LogP contribution in [0.5, 0.6) is 0 Å². The molecule has 7 heteroatoms. The molecule has 0 saturated carbocycles. The Morgan fingerprint density at radius 3 is 2.75 bits per heavy atom. The second kappa shape index (κ2) is 6.14. The highest BCUT2D eigenvalue weighted by atomic mass is 16.4. The topological polar surface area (TPSA) is 90.8 Å². The summed E-state index contributed by atoms with van der Waals surface area (Å²) in [4.78, 5) is 38.8. The normalized spacial score (nSPS) is 15.0. The second-order valence-electron chi connectivity index (χ2n) is 4.44. The van der Waals surface area contributed by atoms with Crippen LogP contribution in [0.2, 0.25) is 0 Å².